The predicted octanol–water partition coefficient (Wildman–Crippen LogP) is 2.01. The molecule has 4 heteroatoms. The molecule has 1 aliphatic carbocycles. The number of nitrogens with zero attached hydrogens (tertiary/aromatic N) is 1. The Balaban J connectivity index is 1.99. The molecule has 19 heavy (non-hydrogen) atoms. The molecule has 0 radical (unpaired) electrons. The molecule has 1 atom stereocenters. The van der Waals surface area contributed by atoms with Crippen molar-refractivity contribution in [3.8, 4) is 0 Å². The largest absolute Gasteiger partial charge is 0.480 e. The van der Waals surface area contributed by atoms with Crippen LogP contribution in [0.3, 0.4) is 0 Å². The van der Waals surface area contributed by atoms with Gasteiger partial charge >= 0.3 is 5.97 Å². The second-order valence-corrected chi connectivity index (χ2v) is 5.46. The maximum atomic E-state index is 10.9. The first-order valence-electron chi connectivity index (χ1n) is 6.62. The summed E-state index contributed by atoms with van der Waals surface area (Å²) in [5.74, 6) is -0.226. The molecule has 1 aliphatic rings. The third kappa shape index (κ3) is 2.24. The first-order valence-corrected chi connectivity index (χ1v) is 6.62. The van der Waals surface area contributed by atoms with Crippen LogP contribution in [-0.2, 0) is 18.3 Å². The maximum absolute atomic E-state index is 10.9. The lowest BCUT2D eigenvalue weighted by molar-refractivity contribution is -0.138. The van der Waals surface area contributed by atoms with Gasteiger partial charge in [0.25, 0.3) is 0 Å². The second kappa shape index (κ2) is 4.38. The minimum absolute atomic E-state index is 0.370. The number of carbonyl (C=O) groups is 1. The highest BCUT2D eigenvalue weighted by Crippen LogP contribution is 2.41. The van der Waals surface area contributed by atoms with Gasteiger partial charge in [0.1, 0.15) is 6.04 Å². The highest BCUT2D eigenvalue weighted by Gasteiger charge is 2.24. The van der Waals surface area contributed by atoms with Crippen molar-refractivity contribution in [3.63, 3.8) is 0 Å². The van der Waals surface area contributed by atoms with Crippen LogP contribution in [0.2, 0.25) is 0 Å². The number of aryl methyl sites for hydroxylation is 1. The Morgan fingerprint density at radius 3 is 2.89 bits per heavy atom. The van der Waals surface area contributed by atoms with Gasteiger partial charge in [0, 0.05) is 30.6 Å². The number of carboxylic acids is 1. The quantitative estimate of drug-likeness (QED) is 0.881. The summed E-state index contributed by atoms with van der Waals surface area (Å²) in [6.07, 6.45) is 4.93. The first kappa shape index (κ1) is 12.2. The van der Waals surface area contributed by atoms with Crippen LogP contribution in [0.1, 0.15) is 29.9 Å². The monoisotopic (exact) mass is 258 g/mol. The Labute approximate surface area is 111 Å². The molecule has 1 heterocycles. The zero-order valence-electron chi connectivity index (χ0n) is 11.0. The smallest absolute Gasteiger partial charge is 0.320 e. The fraction of sp³-hybridized carbons (Fsp3) is 0.400. The van der Waals surface area contributed by atoms with E-state index in [4.69, 9.17) is 10.8 Å². The van der Waals surface area contributed by atoms with Crippen molar-refractivity contribution in [1.29, 1.82) is 0 Å². The van der Waals surface area contributed by atoms with E-state index in [0.717, 1.165) is 22.4 Å². The van der Waals surface area contributed by atoms with Crippen LogP contribution in [0.5, 0.6) is 0 Å². The number of fused-ring (bicyclic) bond motifs is 1. The summed E-state index contributed by atoms with van der Waals surface area (Å²) >= 11 is 0. The molecule has 3 rings (SSSR count). The van der Waals surface area contributed by atoms with Crippen LogP contribution >= 0.6 is 0 Å². The molecule has 3 N–H and O–H groups in total. The Hall–Kier alpha value is -1.81. The molecule has 2 aromatic rings. The summed E-state index contributed by atoms with van der Waals surface area (Å²) in [6.45, 7) is 0. The SMILES string of the molecule is Cn1cc(CC(N)C(=O)O)c2ccc(C3CC3)cc21. The number of aliphatic carboxylic acids is 1. The maximum Gasteiger partial charge on any atom is 0.320 e. The Morgan fingerprint density at radius 1 is 1.53 bits per heavy atom. The predicted molar refractivity (Wildman–Crippen MR) is 74.2 cm³/mol. The topological polar surface area (TPSA) is 68.2 Å². The van der Waals surface area contributed by atoms with E-state index in [0.29, 0.717) is 6.42 Å². The number of hydrogen-bond acceptors (Lipinski definition) is 2. The average Bonchev–Trinajstić information content (AvgIpc) is 3.17. The minimum Gasteiger partial charge on any atom is -0.480 e. The third-order valence-corrected chi connectivity index (χ3v) is 3.90. The summed E-state index contributed by atoms with van der Waals surface area (Å²) in [4.78, 5) is 10.9. The van der Waals surface area contributed by atoms with Crippen molar-refractivity contribution in [2.24, 2.45) is 12.8 Å². The zero-order valence-corrected chi connectivity index (χ0v) is 11.0. The van der Waals surface area contributed by atoms with Crippen LogP contribution in [0.25, 0.3) is 10.9 Å². The second-order valence-electron chi connectivity index (χ2n) is 5.46. The molecule has 0 bridgehead atoms. The summed E-state index contributed by atoms with van der Waals surface area (Å²) in [5.41, 5.74) is 9.19. The van der Waals surface area contributed by atoms with E-state index in [1.54, 1.807) is 0 Å². The Morgan fingerprint density at radius 2 is 2.26 bits per heavy atom. The fourth-order valence-corrected chi connectivity index (χ4v) is 2.64. The fourth-order valence-electron chi connectivity index (χ4n) is 2.64. The van der Waals surface area contributed by atoms with Gasteiger partial charge in [-0.1, -0.05) is 12.1 Å². The summed E-state index contributed by atoms with van der Waals surface area (Å²) in [7, 11) is 1.99. The number of aromatic nitrogens is 1. The van der Waals surface area contributed by atoms with E-state index < -0.39 is 12.0 Å². The lowest BCUT2D eigenvalue weighted by atomic mass is 10.0. The van der Waals surface area contributed by atoms with Crippen molar-refractivity contribution in [3.05, 3.63) is 35.5 Å². The number of benzene rings is 1. The molecule has 1 saturated carbocycles. The number of nitrogens with two attached hydrogens (primary N) is 1. The Kier molecular flexibility index (Phi) is 2.82. The lowest BCUT2D eigenvalue weighted by Crippen LogP contribution is -2.32. The van der Waals surface area contributed by atoms with Gasteiger partial charge in [0.05, 0.1) is 0 Å². The van der Waals surface area contributed by atoms with Crippen molar-refractivity contribution in [2.45, 2.75) is 31.2 Å². The van der Waals surface area contributed by atoms with Crippen molar-refractivity contribution < 1.29 is 9.90 Å². The standard InChI is InChI=1S/C15H18N2O2/c1-17-8-11(6-13(16)15(18)19)12-5-4-10(7-14(12)17)9-2-3-9/h4-5,7-9,13H,2-3,6,16H2,1H3,(H,18,19). The molecule has 0 saturated heterocycles. The summed E-state index contributed by atoms with van der Waals surface area (Å²) < 4.78 is 2.06. The highest BCUT2D eigenvalue weighted by molar-refractivity contribution is 5.86. The van der Waals surface area contributed by atoms with Gasteiger partial charge < -0.3 is 15.4 Å². The van der Waals surface area contributed by atoms with Crippen molar-refractivity contribution in [2.75, 3.05) is 0 Å². The molecule has 0 amide bonds. The van der Waals surface area contributed by atoms with E-state index in [9.17, 15) is 4.79 Å². The van der Waals surface area contributed by atoms with Crippen LogP contribution in [0.4, 0.5) is 0 Å². The van der Waals surface area contributed by atoms with E-state index in [2.05, 4.69) is 22.8 Å². The van der Waals surface area contributed by atoms with E-state index in [1.165, 1.54) is 18.4 Å². The molecule has 1 aromatic heterocycles. The lowest BCUT2D eigenvalue weighted by Gasteiger charge is -2.05. The molecule has 1 aromatic carbocycles. The molecular formula is C15H18N2O2. The molecule has 0 aliphatic heterocycles. The summed E-state index contributed by atoms with van der Waals surface area (Å²) in [5, 5.41) is 10.0. The molecule has 100 valence electrons. The van der Waals surface area contributed by atoms with Gasteiger partial charge in [-0.2, -0.15) is 0 Å². The first-order chi connectivity index (χ1) is 9.06. The molecule has 1 fully saturated rings. The van der Waals surface area contributed by atoms with Gasteiger partial charge in [0.15, 0.2) is 0 Å². The molecule has 4 nitrogen and oxygen atoms in total. The van der Waals surface area contributed by atoms with E-state index in [-0.39, 0.29) is 0 Å². The summed E-state index contributed by atoms with van der Waals surface area (Å²) in [6, 6.07) is 5.65. The van der Waals surface area contributed by atoms with Crippen LogP contribution < -0.4 is 5.73 Å². The third-order valence-electron chi connectivity index (χ3n) is 3.90. The zero-order chi connectivity index (χ0) is 13.6. The van der Waals surface area contributed by atoms with Crippen molar-refractivity contribution >= 4 is 16.9 Å². The minimum atomic E-state index is -0.952. The van der Waals surface area contributed by atoms with Crippen LogP contribution in [0.15, 0.2) is 24.4 Å². The highest BCUT2D eigenvalue weighted by atomic mass is 16.4. The van der Waals surface area contributed by atoms with Gasteiger partial charge in [-0.3, -0.25) is 4.79 Å². The van der Waals surface area contributed by atoms with Gasteiger partial charge in [-0.15, -0.1) is 0 Å². The Bertz CT molecular complexity index is 641. The van der Waals surface area contributed by atoms with E-state index >= 15 is 0 Å². The van der Waals surface area contributed by atoms with Crippen molar-refractivity contribution in [1.82, 2.24) is 4.57 Å². The number of hydrogen-bond donors (Lipinski definition) is 2. The number of carboxylic acid groups (broad SMARTS) is 1. The molecule has 1 unspecified atom stereocenters. The van der Waals surface area contributed by atoms with Gasteiger partial charge in [-0.25, -0.2) is 0 Å². The van der Waals surface area contributed by atoms with Gasteiger partial charge in [0.2, 0.25) is 0 Å². The van der Waals surface area contributed by atoms with Crippen LogP contribution in [0, 0.1) is 0 Å². The normalized spacial score (nSPS) is 16.7. The van der Waals surface area contributed by atoms with Gasteiger partial charge in [-0.05, 0) is 36.0 Å². The number of rotatable bonds is 4. The average molecular weight is 258 g/mol. The van der Waals surface area contributed by atoms with E-state index in [1.807, 2.05) is 13.2 Å². The molecule has 0 spiro atoms. The molecular weight excluding hydrogens is 240 g/mol. The van der Waals surface area contributed by atoms with Crippen LogP contribution in [-0.4, -0.2) is 21.7 Å².